The Morgan fingerprint density at radius 1 is 1.08 bits per heavy atom. The van der Waals surface area contributed by atoms with Gasteiger partial charge < -0.3 is 13.7 Å². The molecule has 0 aliphatic heterocycles. The average Bonchev–Trinajstić information content (AvgIpc) is 3.04. The van der Waals surface area contributed by atoms with Crippen LogP contribution in [0.5, 0.6) is 0 Å². The summed E-state index contributed by atoms with van der Waals surface area (Å²) in [5.41, 5.74) is 2.65. The van der Waals surface area contributed by atoms with Crippen LogP contribution >= 0.6 is 0 Å². The predicted octanol–water partition coefficient (Wildman–Crippen LogP) is 3.62. The molecule has 1 aromatic carbocycles. The number of benzene rings is 1. The zero-order valence-electron chi connectivity index (χ0n) is 14.1. The van der Waals surface area contributed by atoms with Crippen molar-refractivity contribution in [2.24, 2.45) is 0 Å². The van der Waals surface area contributed by atoms with Gasteiger partial charge in [0.1, 0.15) is 5.52 Å². The van der Waals surface area contributed by atoms with Crippen molar-refractivity contribution in [3.8, 4) is 0 Å². The lowest BCUT2D eigenvalue weighted by molar-refractivity contribution is 0.0526. The molecule has 2 heterocycles. The number of ether oxygens (including phenoxy) is 1. The third-order valence-corrected chi connectivity index (χ3v) is 4.21. The molecule has 3 rings (SSSR count). The molecule has 0 aliphatic carbocycles. The number of rotatable bonds is 6. The Kier molecular flexibility index (Phi) is 4.69. The maximum atomic E-state index is 12.9. The second-order valence-electron chi connectivity index (χ2n) is 5.86. The fourth-order valence-corrected chi connectivity index (χ4v) is 3.04. The van der Waals surface area contributed by atoms with Crippen LogP contribution in [-0.2, 0) is 11.3 Å². The van der Waals surface area contributed by atoms with E-state index in [4.69, 9.17) is 4.74 Å². The number of aryl methyl sites for hydroxylation is 1. The molecular formula is C19H22N2O3. The zero-order chi connectivity index (χ0) is 17.1. The first-order valence-corrected chi connectivity index (χ1v) is 8.48. The number of para-hydroxylation sites is 2. The fraction of sp³-hybridized carbons (Fsp3) is 0.368. The Bertz CT molecular complexity index is 937. The molecule has 0 aliphatic rings. The van der Waals surface area contributed by atoms with E-state index < -0.39 is 5.97 Å². The summed E-state index contributed by atoms with van der Waals surface area (Å²) >= 11 is 0. The van der Waals surface area contributed by atoms with E-state index in [1.807, 2.05) is 28.8 Å². The summed E-state index contributed by atoms with van der Waals surface area (Å²) in [5.74, 6) is -0.401. The first-order valence-electron chi connectivity index (χ1n) is 8.48. The van der Waals surface area contributed by atoms with E-state index in [9.17, 15) is 9.59 Å². The Hall–Kier alpha value is -2.56. The smallest absolute Gasteiger partial charge is 0.339 e. The number of esters is 1. The molecule has 0 bridgehead atoms. The summed E-state index contributed by atoms with van der Waals surface area (Å²) in [6.07, 6.45) is 4.84. The number of fused-ring (bicyclic) bond motifs is 3. The normalized spacial score (nSPS) is 11.2. The first-order chi connectivity index (χ1) is 11.7. The lowest BCUT2D eigenvalue weighted by Gasteiger charge is -2.12. The summed E-state index contributed by atoms with van der Waals surface area (Å²) in [5, 5.41) is 0. The highest BCUT2D eigenvalue weighted by Crippen LogP contribution is 2.18. The Balaban J connectivity index is 2.21. The highest BCUT2D eigenvalue weighted by Gasteiger charge is 2.15. The molecule has 24 heavy (non-hydrogen) atoms. The van der Waals surface area contributed by atoms with Crippen molar-refractivity contribution in [2.75, 3.05) is 6.61 Å². The van der Waals surface area contributed by atoms with E-state index >= 15 is 0 Å². The molecule has 2 aromatic heterocycles. The van der Waals surface area contributed by atoms with Crippen molar-refractivity contribution in [1.82, 2.24) is 8.97 Å². The van der Waals surface area contributed by atoms with Gasteiger partial charge >= 0.3 is 5.97 Å². The van der Waals surface area contributed by atoms with Crippen LogP contribution in [0, 0.1) is 0 Å². The molecule has 0 saturated carbocycles. The predicted molar refractivity (Wildman–Crippen MR) is 94.6 cm³/mol. The van der Waals surface area contributed by atoms with Gasteiger partial charge in [0.25, 0.3) is 5.56 Å². The number of carbonyl (C=O) groups excluding carboxylic acids is 1. The largest absolute Gasteiger partial charge is 0.462 e. The second kappa shape index (κ2) is 6.91. The van der Waals surface area contributed by atoms with E-state index in [-0.39, 0.29) is 5.56 Å². The van der Waals surface area contributed by atoms with Crippen LogP contribution in [-0.4, -0.2) is 21.5 Å². The van der Waals surface area contributed by atoms with Crippen LogP contribution in [0.3, 0.4) is 0 Å². The molecule has 0 N–H and O–H groups in total. The van der Waals surface area contributed by atoms with E-state index in [2.05, 4.69) is 6.92 Å². The van der Waals surface area contributed by atoms with Crippen LogP contribution < -0.4 is 5.56 Å². The van der Waals surface area contributed by atoms with Crippen LogP contribution in [0.15, 0.2) is 41.3 Å². The van der Waals surface area contributed by atoms with Crippen LogP contribution in [0.4, 0.5) is 0 Å². The molecule has 0 radical (unpaired) electrons. The minimum Gasteiger partial charge on any atom is -0.462 e. The molecular weight excluding hydrogens is 304 g/mol. The van der Waals surface area contributed by atoms with Gasteiger partial charge in [0.05, 0.1) is 23.2 Å². The molecule has 5 heteroatoms. The van der Waals surface area contributed by atoms with Crippen LogP contribution in [0.25, 0.3) is 16.6 Å². The highest BCUT2D eigenvalue weighted by molar-refractivity contribution is 5.92. The number of aromatic nitrogens is 2. The fourth-order valence-electron chi connectivity index (χ4n) is 3.04. The maximum absolute atomic E-state index is 12.9. The van der Waals surface area contributed by atoms with Gasteiger partial charge in [-0.1, -0.05) is 31.9 Å². The van der Waals surface area contributed by atoms with Crippen molar-refractivity contribution in [3.63, 3.8) is 0 Å². The summed E-state index contributed by atoms with van der Waals surface area (Å²) in [7, 11) is 0. The van der Waals surface area contributed by atoms with Gasteiger partial charge in [0.2, 0.25) is 0 Å². The van der Waals surface area contributed by atoms with Gasteiger partial charge in [-0.3, -0.25) is 4.79 Å². The lowest BCUT2D eigenvalue weighted by Crippen LogP contribution is -2.22. The Morgan fingerprint density at radius 2 is 1.83 bits per heavy atom. The van der Waals surface area contributed by atoms with E-state index in [1.165, 1.54) is 0 Å². The number of unbranched alkanes of at least 4 members (excludes halogenated alkanes) is 2. The summed E-state index contributed by atoms with van der Waals surface area (Å²) < 4.78 is 8.66. The Morgan fingerprint density at radius 3 is 2.54 bits per heavy atom. The standard InChI is InChI=1S/C19H22N2O3/c1-3-5-8-11-20-15-9-6-7-10-16(15)21-13-14(19(23)24-4-2)12-17(21)18(20)22/h6-7,9-10,12-13H,3-5,8,11H2,1-2H3. The van der Waals surface area contributed by atoms with Gasteiger partial charge in [-0.2, -0.15) is 0 Å². The minimum absolute atomic E-state index is 0.0691. The van der Waals surface area contributed by atoms with Crippen molar-refractivity contribution in [2.45, 2.75) is 39.7 Å². The van der Waals surface area contributed by atoms with Crippen LogP contribution in [0.2, 0.25) is 0 Å². The topological polar surface area (TPSA) is 52.7 Å². The Labute approximate surface area is 140 Å². The van der Waals surface area contributed by atoms with Crippen molar-refractivity contribution < 1.29 is 9.53 Å². The average molecular weight is 326 g/mol. The summed E-state index contributed by atoms with van der Waals surface area (Å²) in [4.78, 5) is 24.9. The second-order valence-corrected chi connectivity index (χ2v) is 5.86. The third kappa shape index (κ3) is 2.82. The molecule has 5 nitrogen and oxygen atoms in total. The molecule has 0 amide bonds. The first kappa shape index (κ1) is 16.3. The van der Waals surface area contributed by atoms with E-state index in [1.54, 1.807) is 23.6 Å². The molecule has 0 atom stereocenters. The lowest BCUT2D eigenvalue weighted by atomic mass is 10.2. The molecule has 0 fully saturated rings. The molecule has 0 saturated heterocycles. The van der Waals surface area contributed by atoms with E-state index in [0.717, 1.165) is 30.3 Å². The van der Waals surface area contributed by atoms with Gasteiger partial charge in [-0.15, -0.1) is 0 Å². The summed E-state index contributed by atoms with van der Waals surface area (Å²) in [6, 6.07) is 9.41. The third-order valence-electron chi connectivity index (χ3n) is 4.21. The monoisotopic (exact) mass is 326 g/mol. The van der Waals surface area contributed by atoms with Crippen molar-refractivity contribution in [3.05, 3.63) is 52.4 Å². The SMILES string of the molecule is CCCCCn1c(=O)c2cc(C(=O)OCC)cn2c2ccccc21. The van der Waals surface area contributed by atoms with Gasteiger partial charge in [0, 0.05) is 12.7 Å². The van der Waals surface area contributed by atoms with Crippen molar-refractivity contribution in [1.29, 1.82) is 0 Å². The number of nitrogens with zero attached hydrogens (tertiary/aromatic N) is 2. The van der Waals surface area contributed by atoms with Gasteiger partial charge in [0.15, 0.2) is 0 Å². The van der Waals surface area contributed by atoms with Crippen molar-refractivity contribution >= 4 is 22.5 Å². The number of carbonyl (C=O) groups is 1. The van der Waals surface area contributed by atoms with Crippen LogP contribution in [0.1, 0.15) is 43.5 Å². The molecule has 3 aromatic rings. The van der Waals surface area contributed by atoms with E-state index in [0.29, 0.717) is 24.2 Å². The van der Waals surface area contributed by atoms with Gasteiger partial charge in [-0.05, 0) is 31.5 Å². The molecule has 0 spiro atoms. The summed E-state index contributed by atoms with van der Waals surface area (Å²) in [6.45, 7) is 4.91. The number of hydrogen-bond acceptors (Lipinski definition) is 3. The quantitative estimate of drug-likeness (QED) is 0.513. The zero-order valence-corrected chi connectivity index (χ0v) is 14.1. The minimum atomic E-state index is -0.401. The molecule has 0 unspecified atom stereocenters. The number of hydrogen-bond donors (Lipinski definition) is 0. The van der Waals surface area contributed by atoms with Gasteiger partial charge in [-0.25, -0.2) is 4.79 Å². The maximum Gasteiger partial charge on any atom is 0.339 e. The molecule has 126 valence electrons. The highest BCUT2D eigenvalue weighted by atomic mass is 16.5.